The molecular weight excluding hydrogens is 223 g/mol. The molecule has 0 aliphatic carbocycles. The zero-order chi connectivity index (χ0) is 12.3. The number of pyridine rings is 2. The lowest BCUT2D eigenvalue weighted by atomic mass is 10.1. The van der Waals surface area contributed by atoms with Gasteiger partial charge in [-0.1, -0.05) is 0 Å². The second-order valence-corrected chi connectivity index (χ2v) is 3.51. The highest BCUT2D eigenvalue weighted by Crippen LogP contribution is 2.21. The summed E-state index contributed by atoms with van der Waals surface area (Å²) in [6.07, 6.45) is 2.48. The zero-order valence-corrected chi connectivity index (χ0v) is 9.31. The molecule has 88 valence electrons. The number of ether oxygens (including phenoxy) is 1. The summed E-state index contributed by atoms with van der Waals surface area (Å²) < 4.78 is 18.6. The molecule has 17 heavy (non-hydrogen) atoms. The topological polar surface area (TPSA) is 52.1 Å². The van der Waals surface area contributed by atoms with Crippen molar-refractivity contribution in [2.24, 2.45) is 0 Å². The highest BCUT2D eigenvalue weighted by Gasteiger charge is 2.10. The summed E-state index contributed by atoms with van der Waals surface area (Å²) in [4.78, 5) is 18.5. The van der Waals surface area contributed by atoms with E-state index in [0.717, 1.165) is 12.5 Å². The monoisotopic (exact) mass is 234 g/mol. The second kappa shape index (κ2) is 4.86. The lowest BCUT2D eigenvalue weighted by Gasteiger charge is -2.06. The molecule has 0 atom stereocenters. The molecule has 5 heteroatoms. The number of carbonyl (C=O) groups is 1. The van der Waals surface area contributed by atoms with Crippen LogP contribution in [0.2, 0.25) is 0 Å². The minimum atomic E-state index is -0.444. The summed E-state index contributed by atoms with van der Waals surface area (Å²) in [5.41, 5.74) is 1.44. The quantitative estimate of drug-likeness (QED) is 0.758. The minimum absolute atomic E-state index is 0.259. The number of aromatic nitrogens is 2. The lowest BCUT2D eigenvalue weighted by molar-refractivity contribution is -0.107. The van der Waals surface area contributed by atoms with E-state index in [2.05, 4.69) is 9.97 Å². The van der Waals surface area contributed by atoms with Crippen LogP contribution in [0.3, 0.4) is 0 Å². The van der Waals surface area contributed by atoms with Crippen LogP contribution >= 0.6 is 0 Å². The number of fused-ring (bicyclic) bond motifs is 1. The van der Waals surface area contributed by atoms with E-state index in [4.69, 9.17) is 4.74 Å². The first-order valence-corrected chi connectivity index (χ1v) is 5.18. The van der Waals surface area contributed by atoms with Crippen molar-refractivity contribution in [3.05, 3.63) is 29.7 Å². The number of rotatable bonds is 4. The van der Waals surface area contributed by atoms with E-state index in [1.54, 1.807) is 12.1 Å². The van der Waals surface area contributed by atoms with Crippen LogP contribution in [0.1, 0.15) is 12.0 Å². The van der Waals surface area contributed by atoms with Gasteiger partial charge in [0, 0.05) is 18.1 Å². The molecule has 4 nitrogen and oxygen atoms in total. The van der Waals surface area contributed by atoms with Crippen LogP contribution in [-0.2, 0) is 11.2 Å². The minimum Gasteiger partial charge on any atom is -0.481 e. The standard InChI is InChI=1S/C12H11FN2O2/c1-17-11-5-4-10-12(15-11)8(3-2-6-16)9(13)7-14-10/h4-7H,2-3H2,1H3. The van der Waals surface area contributed by atoms with Crippen LogP contribution in [0.15, 0.2) is 18.3 Å². The summed E-state index contributed by atoms with van der Waals surface area (Å²) in [6, 6.07) is 3.38. The maximum Gasteiger partial charge on any atom is 0.213 e. The van der Waals surface area contributed by atoms with Crippen LogP contribution in [0.5, 0.6) is 5.88 Å². The summed E-state index contributed by atoms with van der Waals surface area (Å²) in [6.45, 7) is 0. The first-order chi connectivity index (χ1) is 8.26. The van der Waals surface area contributed by atoms with Gasteiger partial charge in [0.25, 0.3) is 0 Å². The Kier molecular flexibility index (Phi) is 3.27. The van der Waals surface area contributed by atoms with Crippen molar-refractivity contribution in [1.29, 1.82) is 0 Å². The number of halogens is 1. The van der Waals surface area contributed by atoms with Crippen LogP contribution in [0.4, 0.5) is 4.39 Å². The fraction of sp³-hybridized carbons (Fsp3) is 0.250. The molecule has 0 unspecified atom stereocenters. The smallest absolute Gasteiger partial charge is 0.213 e. The molecule has 0 bridgehead atoms. The second-order valence-electron chi connectivity index (χ2n) is 3.51. The lowest BCUT2D eigenvalue weighted by Crippen LogP contribution is -1.98. The number of hydrogen-bond donors (Lipinski definition) is 0. The van der Waals surface area contributed by atoms with Crippen molar-refractivity contribution in [3.63, 3.8) is 0 Å². The Balaban J connectivity index is 2.59. The normalized spacial score (nSPS) is 10.5. The summed E-state index contributed by atoms with van der Waals surface area (Å²) >= 11 is 0. The third-order valence-corrected chi connectivity index (χ3v) is 2.46. The van der Waals surface area contributed by atoms with E-state index in [1.165, 1.54) is 7.11 Å². The summed E-state index contributed by atoms with van der Waals surface area (Å²) in [5, 5.41) is 0. The van der Waals surface area contributed by atoms with Gasteiger partial charge in [0.05, 0.1) is 24.3 Å². The highest BCUT2D eigenvalue weighted by atomic mass is 19.1. The van der Waals surface area contributed by atoms with Gasteiger partial charge < -0.3 is 9.53 Å². The molecule has 2 heterocycles. The van der Waals surface area contributed by atoms with Gasteiger partial charge in [-0.15, -0.1) is 0 Å². The Hall–Kier alpha value is -2.04. The van der Waals surface area contributed by atoms with E-state index in [-0.39, 0.29) is 6.42 Å². The Morgan fingerprint density at radius 1 is 1.47 bits per heavy atom. The van der Waals surface area contributed by atoms with Gasteiger partial charge in [-0.2, -0.15) is 0 Å². The van der Waals surface area contributed by atoms with Crippen molar-refractivity contribution in [3.8, 4) is 5.88 Å². The summed E-state index contributed by atoms with van der Waals surface area (Å²) in [5.74, 6) is -0.0441. The molecule has 0 amide bonds. The van der Waals surface area contributed by atoms with Crippen molar-refractivity contribution in [2.45, 2.75) is 12.8 Å². The van der Waals surface area contributed by atoms with E-state index in [1.807, 2.05) is 0 Å². The number of carbonyl (C=O) groups excluding carboxylic acids is 1. The third-order valence-electron chi connectivity index (χ3n) is 2.46. The zero-order valence-electron chi connectivity index (χ0n) is 9.31. The summed E-state index contributed by atoms with van der Waals surface area (Å²) in [7, 11) is 1.49. The third kappa shape index (κ3) is 2.22. The van der Waals surface area contributed by atoms with Crippen LogP contribution < -0.4 is 4.74 Å². The van der Waals surface area contributed by atoms with Gasteiger partial charge in [0.2, 0.25) is 5.88 Å². The molecule has 0 N–H and O–H groups in total. The first-order valence-electron chi connectivity index (χ1n) is 5.18. The molecule has 0 aliphatic heterocycles. The molecule has 0 radical (unpaired) electrons. The van der Waals surface area contributed by atoms with Gasteiger partial charge >= 0.3 is 0 Å². The van der Waals surface area contributed by atoms with Crippen LogP contribution in [-0.4, -0.2) is 23.4 Å². The SMILES string of the molecule is COc1ccc2ncc(F)c(CCC=O)c2n1. The molecule has 0 saturated carbocycles. The van der Waals surface area contributed by atoms with Crippen LogP contribution in [0, 0.1) is 5.82 Å². The predicted octanol–water partition coefficient (Wildman–Crippen LogP) is 1.91. The van der Waals surface area contributed by atoms with Crippen molar-refractivity contribution >= 4 is 17.3 Å². The molecule has 2 aromatic heterocycles. The first kappa shape index (κ1) is 11.4. The maximum atomic E-state index is 13.6. The molecule has 2 aromatic rings. The number of hydrogen-bond acceptors (Lipinski definition) is 4. The van der Waals surface area contributed by atoms with Gasteiger partial charge in [-0.3, -0.25) is 4.98 Å². The Morgan fingerprint density at radius 3 is 3.00 bits per heavy atom. The molecule has 0 fully saturated rings. The largest absolute Gasteiger partial charge is 0.481 e. The Bertz CT molecular complexity index is 557. The van der Waals surface area contributed by atoms with Gasteiger partial charge in [0.15, 0.2) is 0 Å². The predicted molar refractivity (Wildman–Crippen MR) is 60.4 cm³/mol. The number of aryl methyl sites for hydroxylation is 1. The Morgan fingerprint density at radius 2 is 2.29 bits per heavy atom. The maximum absolute atomic E-state index is 13.6. The van der Waals surface area contributed by atoms with Crippen LogP contribution in [0.25, 0.3) is 11.0 Å². The van der Waals surface area contributed by atoms with E-state index >= 15 is 0 Å². The van der Waals surface area contributed by atoms with Crippen molar-refractivity contribution in [1.82, 2.24) is 9.97 Å². The number of nitrogens with zero attached hydrogens (tertiary/aromatic N) is 2. The molecule has 2 rings (SSSR count). The molecule has 0 aliphatic rings. The average Bonchev–Trinajstić information content (AvgIpc) is 2.37. The highest BCUT2D eigenvalue weighted by molar-refractivity contribution is 5.78. The number of methoxy groups -OCH3 is 1. The molecule has 0 spiro atoms. The van der Waals surface area contributed by atoms with E-state index < -0.39 is 5.82 Å². The molecule has 0 saturated heterocycles. The Labute approximate surface area is 97.5 Å². The van der Waals surface area contributed by atoms with Crippen molar-refractivity contribution < 1.29 is 13.9 Å². The van der Waals surface area contributed by atoms with Gasteiger partial charge in [-0.05, 0) is 12.5 Å². The van der Waals surface area contributed by atoms with Gasteiger partial charge in [-0.25, -0.2) is 9.37 Å². The number of aldehydes is 1. The van der Waals surface area contributed by atoms with Gasteiger partial charge in [0.1, 0.15) is 12.1 Å². The molecular formula is C12H11FN2O2. The van der Waals surface area contributed by atoms with E-state index in [0.29, 0.717) is 28.9 Å². The van der Waals surface area contributed by atoms with Crippen molar-refractivity contribution in [2.75, 3.05) is 7.11 Å². The molecule has 0 aromatic carbocycles. The van der Waals surface area contributed by atoms with E-state index in [9.17, 15) is 9.18 Å². The fourth-order valence-corrected chi connectivity index (χ4v) is 1.63. The average molecular weight is 234 g/mol. The fourth-order valence-electron chi connectivity index (χ4n) is 1.63.